The lowest BCUT2D eigenvalue weighted by atomic mass is 9.98. The molecule has 1 aromatic heterocycles. The first-order valence-corrected chi connectivity index (χ1v) is 7.17. The zero-order chi connectivity index (χ0) is 13.5. The van der Waals surface area contributed by atoms with Crippen molar-refractivity contribution in [2.75, 3.05) is 45.6 Å². The van der Waals surface area contributed by atoms with Gasteiger partial charge in [-0.1, -0.05) is 0 Å². The summed E-state index contributed by atoms with van der Waals surface area (Å²) in [4.78, 5) is 11.2. The molecule has 1 aliphatic heterocycles. The van der Waals surface area contributed by atoms with Crippen molar-refractivity contribution in [2.24, 2.45) is 5.92 Å². The maximum absolute atomic E-state index is 4.54. The smallest absolute Gasteiger partial charge is 0.131 e. The molecule has 0 bridgehead atoms. The van der Waals surface area contributed by atoms with Crippen LogP contribution in [-0.4, -0.2) is 55.1 Å². The number of hydrogen-bond donors (Lipinski definition) is 2. The van der Waals surface area contributed by atoms with Gasteiger partial charge in [-0.3, -0.25) is 0 Å². The minimum absolute atomic E-state index is 0.731. The van der Waals surface area contributed by atoms with Crippen LogP contribution in [0.2, 0.25) is 0 Å². The molecule has 1 fully saturated rings. The van der Waals surface area contributed by atoms with E-state index >= 15 is 0 Å². The van der Waals surface area contributed by atoms with Crippen LogP contribution in [-0.2, 0) is 6.42 Å². The van der Waals surface area contributed by atoms with Crippen molar-refractivity contribution in [3.63, 3.8) is 0 Å². The van der Waals surface area contributed by atoms with Crippen LogP contribution in [0.1, 0.15) is 18.7 Å². The predicted octanol–water partition coefficient (Wildman–Crippen LogP) is 0.992. The highest BCUT2D eigenvalue weighted by Crippen LogP contribution is 2.15. The van der Waals surface area contributed by atoms with Gasteiger partial charge in [-0.25, -0.2) is 9.97 Å². The summed E-state index contributed by atoms with van der Waals surface area (Å²) in [6.07, 6.45) is 5.33. The largest absolute Gasteiger partial charge is 0.370 e. The summed E-state index contributed by atoms with van der Waals surface area (Å²) in [6, 6.07) is 1.95. The Morgan fingerprint density at radius 2 is 2.37 bits per heavy atom. The quantitative estimate of drug-likeness (QED) is 0.802. The number of piperidine rings is 1. The van der Waals surface area contributed by atoms with E-state index in [2.05, 4.69) is 32.5 Å². The summed E-state index contributed by atoms with van der Waals surface area (Å²) in [5, 5.41) is 6.57. The fourth-order valence-corrected chi connectivity index (χ4v) is 2.54. The summed E-state index contributed by atoms with van der Waals surface area (Å²) in [6.45, 7) is 4.34. The number of anilines is 1. The summed E-state index contributed by atoms with van der Waals surface area (Å²) in [5.41, 5.74) is 0. The van der Waals surface area contributed by atoms with Crippen LogP contribution in [0.4, 0.5) is 5.82 Å². The Morgan fingerprint density at radius 1 is 1.47 bits per heavy atom. The van der Waals surface area contributed by atoms with Gasteiger partial charge < -0.3 is 15.5 Å². The Balaban J connectivity index is 1.81. The van der Waals surface area contributed by atoms with Gasteiger partial charge in [0.05, 0.1) is 0 Å². The third kappa shape index (κ3) is 4.76. The van der Waals surface area contributed by atoms with E-state index in [1.165, 1.54) is 25.9 Å². The van der Waals surface area contributed by atoms with E-state index in [-0.39, 0.29) is 0 Å². The van der Waals surface area contributed by atoms with Crippen LogP contribution in [0.3, 0.4) is 0 Å². The molecule has 0 spiro atoms. The molecule has 2 rings (SSSR count). The maximum atomic E-state index is 4.54. The van der Waals surface area contributed by atoms with Gasteiger partial charge in [0.1, 0.15) is 11.6 Å². The van der Waals surface area contributed by atoms with Crippen LogP contribution >= 0.6 is 0 Å². The Hall–Kier alpha value is -1.20. The van der Waals surface area contributed by atoms with Gasteiger partial charge in [0.15, 0.2) is 0 Å². The molecule has 0 amide bonds. The molecule has 0 saturated carbocycles. The van der Waals surface area contributed by atoms with Crippen molar-refractivity contribution in [1.29, 1.82) is 0 Å². The topological polar surface area (TPSA) is 53.1 Å². The van der Waals surface area contributed by atoms with Crippen LogP contribution in [0.5, 0.6) is 0 Å². The number of likely N-dealkylation sites (tertiary alicyclic amines) is 1. The first-order valence-electron chi connectivity index (χ1n) is 7.17. The van der Waals surface area contributed by atoms with Crippen LogP contribution in [0, 0.1) is 5.92 Å². The molecule has 1 unspecified atom stereocenters. The molecule has 1 saturated heterocycles. The Kier molecular flexibility index (Phi) is 5.54. The zero-order valence-corrected chi connectivity index (χ0v) is 12.0. The molecule has 0 aromatic carbocycles. The molecule has 5 heteroatoms. The zero-order valence-electron chi connectivity index (χ0n) is 12.0. The van der Waals surface area contributed by atoms with Gasteiger partial charge >= 0.3 is 0 Å². The van der Waals surface area contributed by atoms with Crippen LogP contribution < -0.4 is 10.6 Å². The molecular weight excluding hydrogens is 238 g/mol. The highest BCUT2D eigenvalue weighted by atomic mass is 15.1. The fourth-order valence-electron chi connectivity index (χ4n) is 2.54. The SMILES string of the molecule is CNCCc1nccc(NCC2CCCN(C)C2)n1. The second-order valence-corrected chi connectivity index (χ2v) is 5.36. The molecule has 1 aliphatic rings. The van der Waals surface area contributed by atoms with Gasteiger partial charge in [0.2, 0.25) is 0 Å². The first kappa shape index (κ1) is 14.2. The van der Waals surface area contributed by atoms with E-state index in [4.69, 9.17) is 0 Å². The third-order valence-corrected chi connectivity index (χ3v) is 3.60. The van der Waals surface area contributed by atoms with E-state index in [1.807, 2.05) is 19.3 Å². The number of nitrogens with one attached hydrogen (secondary N) is 2. The summed E-state index contributed by atoms with van der Waals surface area (Å²) >= 11 is 0. The second-order valence-electron chi connectivity index (χ2n) is 5.36. The summed E-state index contributed by atoms with van der Waals surface area (Å²) < 4.78 is 0. The van der Waals surface area contributed by atoms with E-state index in [0.29, 0.717) is 0 Å². The van der Waals surface area contributed by atoms with Crippen molar-refractivity contribution in [3.8, 4) is 0 Å². The molecule has 2 heterocycles. The monoisotopic (exact) mass is 263 g/mol. The molecule has 2 N–H and O–H groups in total. The average molecular weight is 263 g/mol. The minimum Gasteiger partial charge on any atom is -0.370 e. The normalized spacial score (nSPS) is 20.4. The highest BCUT2D eigenvalue weighted by molar-refractivity contribution is 5.32. The standard InChI is InChI=1S/C14H25N5/c1-15-7-5-13-16-8-6-14(18-13)17-10-12-4-3-9-19(2)11-12/h6,8,12,15H,3-5,7,9-11H2,1-2H3,(H,16,17,18). The molecule has 106 valence electrons. The molecule has 1 atom stereocenters. The van der Waals surface area contributed by atoms with E-state index in [0.717, 1.165) is 37.1 Å². The Bertz CT molecular complexity index is 382. The molecule has 0 aliphatic carbocycles. The van der Waals surface area contributed by atoms with Crippen molar-refractivity contribution in [1.82, 2.24) is 20.2 Å². The lowest BCUT2D eigenvalue weighted by molar-refractivity contribution is 0.217. The number of aromatic nitrogens is 2. The fraction of sp³-hybridized carbons (Fsp3) is 0.714. The van der Waals surface area contributed by atoms with Crippen molar-refractivity contribution in [2.45, 2.75) is 19.3 Å². The van der Waals surface area contributed by atoms with E-state index in [9.17, 15) is 0 Å². The number of likely N-dealkylation sites (N-methyl/N-ethyl adjacent to an activating group) is 1. The van der Waals surface area contributed by atoms with Crippen molar-refractivity contribution >= 4 is 5.82 Å². The molecular formula is C14H25N5. The second kappa shape index (κ2) is 7.40. The van der Waals surface area contributed by atoms with E-state index < -0.39 is 0 Å². The van der Waals surface area contributed by atoms with Crippen LogP contribution in [0.15, 0.2) is 12.3 Å². The maximum Gasteiger partial charge on any atom is 0.131 e. The Morgan fingerprint density at radius 3 is 3.16 bits per heavy atom. The third-order valence-electron chi connectivity index (χ3n) is 3.60. The predicted molar refractivity (Wildman–Crippen MR) is 78.4 cm³/mol. The van der Waals surface area contributed by atoms with Crippen LogP contribution in [0.25, 0.3) is 0 Å². The number of hydrogen-bond acceptors (Lipinski definition) is 5. The van der Waals surface area contributed by atoms with Gasteiger partial charge in [-0.05, 0) is 45.5 Å². The molecule has 1 aromatic rings. The molecule has 5 nitrogen and oxygen atoms in total. The van der Waals surface area contributed by atoms with Gasteiger partial charge in [0.25, 0.3) is 0 Å². The van der Waals surface area contributed by atoms with Gasteiger partial charge in [-0.2, -0.15) is 0 Å². The summed E-state index contributed by atoms with van der Waals surface area (Å²) in [5.74, 6) is 2.59. The van der Waals surface area contributed by atoms with Crippen molar-refractivity contribution in [3.05, 3.63) is 18.1 Å². The first-order chi connectivity index (χ1) is 9.28. The minimum atomic E-state index is 0.731. The van der Waals surface area contributed by atoms with Gasteiger partial charge in [0, 0.05) is 32.3 Å². The highest BCUT2D eigenvalue weighted by Gasteiger charge is 2.16. The lowest BCUT2D eigenvalue weighted by Crippen LogP contribution is -2.35. The van der Waals surface area contributed by atoms with Gasteiger partial charge in [-0.15, -0.1) is 0 Å². The summed E-state index contributed by atoms with van der Waals surface area (Å²) in [7, 11) is 4.15. The Labute approximate surface area is 115 Å². The number of rotatable bonds is 6. The lowest BCUT2D eigenvalue weighted by Gasteiger charge is -2.29. The van der Waals surface area contributed by atoms with E-state index in [1.54, 1.807) is 0 Å². The molecule has 19 heavy (non-hydrogen) atoms. The molecule has 0 radical (unpaired) electrons. The number of nitrogens with zero attached hydrogens (tertiary/aromatic N) is 3. The van der Waals surface area contributed by atoms with Crippen molar-refractivity contribution < 1.29 is 0 Å². The average Bonchev–Trinajstić information content (AvgIpc) is 2.43.